The van der Waals surface area contributed by atoms with Gasteiger partial charge in [-0.25, -0.2) is 0 Å². The molecule has 0 unspecified atom stereocenters. The van der Waals surface area contributed by atoms with E-state index in [1.54, 1.807) is 0 Å². The molecule has 96 valence electrons. The second kappa shape index (κ2) is 12.5. The van der Waals surface area contributed by atoms with E-state index in [1.165, 1.54) is 5.56 Å². The van der Waals surface area contributed by atoms with Crippen molar-refractivity contribution in [1.29, 1.82) is 0 Å². The Bertz CT molecular complexity index is 617. The Balaban J connectivity index is 0. The molecule has 0 bridgehead atoms. The van der Waals surface area contributed by atoms with Gasteiger partial charge in [0.1, 0.15) is 0 Å². The van der Waals surface area contributed by atoms with Gasteiger partial charge in [0.15, 0.2) is 0 Å². The van der Waals surface area contributed by atoms with Crippen molar-refractivity contribution >= 4 is 5.65 Å². The van der Waals surface area contributed by atoms with Crippen LogP contribution in [0, 0.1) is 12.6 Å². The Morgan fingerprint density at radius 1 is 0.952 bits per heavy atom. The molecule has 2 heterocycles. The Hall–Kier alpha value is 2.20. The van der Waals surface area contributed by atoms with E-state index in [0.717, 1.165) is 16.9 Å². The van der Waals surface area contributed by atoms with Crippen LogP contribution in [0.1, 0.15) is 12.5 Å². The molecule has 0 N–H and O–H groups in total. The van der Waals surface area contributed by atoms with Gasteiger partial charge in [0.2, 0.25) is 0 Å². The molecule has 0 amide bonds. The van der Waals surface area contributed by atoms with Gasteiger partial charge in [-0.3, -0.25) is 4.98 Å². The summed E-state index contributed by atoms with van der Waals surface area (Å²) in [5, 5.41) is 0. The predicted octanol–water partition coefficient (Wildman–Crippen LogP) is 3.36. The molecular formula is C15H12N2Y4-2. The van der Waals surface area contributed by atoms with E-state index in [1.807, 2.05) is 35.7 Å². The summed E-state index contributed by atoms with van der Waals surface area (Å²) in [6.07, 6.45) is 7.28. The summed E-state index contributed by atoms with van der Waals surface area (Å²) < 4.78 is 1.91. The minimum absolute atomic E-state index is 0. The molecule has 1 aromatic carbocycles. The van der Waals surface area contributed by atoms with Crippen LogP contribution in [0.25, 0.3) is 16.9 Å². The summed E-state index contributed by atoms with van der Waals surface area (Å²) in [4.78, 5) is 4.54. The first-order chi connectivity index (χ1) is 8.36. The van der Waals surface area contributed by atoms with Gasteiger partial charge in [0, 0.05) is 131 Å². The van der Waals surface area contributed by atoms with E-state index in [2.05, 4.69) is 41.9 Å². The number of hydrogen-bond acceptors (Lipinski definition) is 1. The van der Waals surface area contributed by atoms with Gasteiger partial charge in [-0.1, -0.05) is 36.9 Å². The SMILES string of the molecule is C[CH-]c1ccc(-c2[c-]n3ccccc3n2)cc1.[Y].[Y].[Y].[Y]. The molecule has 3 aromatic rings. The van der Waals surface area contributed by atoms with Gasteiger partial charge in [-0.05, 0) is 11.9 Å². The average Bonchev–Trinajstić information content (AvgIpc) is 2.82. The zero-order valence-electron chi connectivity index (χ0n) is 11.9. The van der Waals surface area contributed by atoms with Crippen LogP contribution in [-0.4, -0.2) is 9.38 Å². The monoisotopic (exact) mass is 576 g/mol. The standard InChI is InChI=1S/C15H12N2.4Y/c1-2-12-6-8-13(9-7-12)14-11-17-10-4-3-5-15(17)16-14;;;;/h2-10H,1H3;;;;/q-2;;;;. The topological polar surface area (TPSA) is 17.3 Å². The summed E-state index contributed by atoms with van der Waals surface area (Å²) >= 11 is 0. The van der Waals surface area contributed by atoms with Crippen molar-refractivity contribution in [3.8, 4) is 11.3 Å². The first-order valence-corrected chi connectivity index (χ1v) is 5.63. The van der Waals surface area contributed by atoms with Crippen LogP contribution >= 0.6 is 0 Å². The number of rotatable bonds is 2. The van der Waals surface area contributed by atoms with E-state index >= 15 is 0 Å². The molecule has 21 heavy (non-hydrogen) atoms. The molecule has 0 aliphatic heterocycles. The van der Waals surface area contributed by atoms with E-state index in [-0.39, 0.29) is 131 Å². The summed E-state index contributed by atoms with van der Waals surface area (Å²) in [6, 6.07) is 14.3. The van der Waals surface area contributed by atoms with Crippen molar-refractivity contribution in [2.24, 2.45) is 0 Å². The Kier molecular flexibility index (Phi) is 15.2. The van der Waals surface area contributed by atoms with Crippen LogP contribution in [0.2, 0.25) is 0 Å². The van der Waals surface area contributed by atoms with Crippen molar-refractivity contribution < 1.29 is 131 Å². The number of aromatic nitrogens is 2. The van der Waals surface area contributed by atoms with E-state index < -0.39 is 0 Å². The van der Waals surface area contributed by atoms with Crippen LogP contribution in [0.4, 0.5) is 0 Å². The molecule has 3 rings (SSSR count). The Morgan fingerprint density at radius 3 is 2.19 bits per heavy atom. The quantitative estimate of drug-likeness (QED) is 0.429. The molecule has 0 aliphatic rings. The molecule has 0 atom stereocenters. The smallest absolute Gasteiger partial charge is 0.0530 e. The van der Waals surface area contributed by atoms with Gasteiger partial charge in [-0.2, -0.15) is 36.2 Å². The average molecular weight is 576 g/mol. The Morgan fingerprint density at radius 2 is 1.62 bits per heavy atom. The fraction of sp³-hybridized carbons (Fsp3) is 0.0667. The molecule has 6 heteroatoms. The zero-order chi connectivity index (χ0) is 11.7. The van der Waals surface area contributed by atoms with E-state index in [4.69, 9.17) is 0 Å². The van der Waals surface area contributed by atoms with Crippen LogP contribution in [0.5, 0.6) is 0 Å². The van der Waals surface area contributed by atoms with Crippen molar-refractivity contribution in [2.75, 3.05) is 0 Å². The Labute approximate surface area is 226 Å². The maximum absolute atomic E-state index is 4.54. The third-order valence-corrected chi connectivity index (χ3v) is 2.81. The molecule has 4 radical (unpaired) electrons. The number of imidazole rings is 1. The zero-order valence-corrected chi connectivity index (χ0v) is 23.3. The number of nitrogens with zero attached hydrogens (tertiary/aromatic N) is 2. The van der Waals surface area contributed by atoms with Gasteiger partial charge in [-0.15, -0.1) is 0 Å². The second-order valence-electron chi connectivity index (χ2n) is 3.91. The minimum atomic E-state index is 0. The van der Waals surface area contributed by atoms with Gasteiger partial charge < -0.3 is 4.40 Å². The molecule has 0 aliphatic carbocycles. The number of fused-ring (bicyclic) bond motifs is 1. The first kappa shape index (κ1) is 25.4. The summed E-state index contributed by atoms with van der Waals surface area (Å²) in [5.74, 6) is 0. The summed E-state index contributed by atoms with van der Waals surface area (Å²) in [7, 11) is 0. The van der Waals surface area contributed by atoms with Gasteiger partial charge in [0.05, 0.1) is 5.65 Å². The molecule has 0 fully saturated rings. The maximum atomic E-state index is 4.54. The largest absolute Gasteiger partial charge is 0.426 e. The van der Waals surface area contributed by atoms with Crippen LogP contribution < -0.4 is 0 Å². The minimum Gasteiger partial charge on any atom is -0.426 e. The number of benzene rings is 1. The molecule has 0 saturated heterocycles. The fourth-order valence-electron chi connectivity index (χ4n) is 1.84. The van der Waals surface area contributed by atoms with E-state index in [9.17, 15) is 0 Å². The molecule has 2 nitrogen and oxygen atoms in total. The van der Waals surface area contributed by atoms with Crippen molar-refractivity contribution in [2.45, 2.75) is 6.92 Å². The van der Waals surface area contributed by atoms with Crippen LogP contribution in [0.15, 0.2) is 48.7 Å². The summed E-state index contributed by atoms with van der Waals surface area (Å²) in [5.41, 5.74) is 4.13. The van der Waals surface area contributed by atoms with Crippen LogP contribution in [-0.2, 0) is 131 Å². The number of pyridine rings is 1. The molecule has 0 saturated carbocycles. The number of hydrogen-bond donors (Lipinski definition) is 0. The first-order valence-electron chi connectivity index (χ1n) is 5.63. The summed E-state index contributed by atoms with van der Waals surface area (Å²) in [6.45, 7) is 2.03. The third kappa shape index (κ3) is 6.54. The van der Waals surface area contributed by atoms with E-state index in [0.29, 0.717) is 0 Å². The second-order valence-corrected chi connectivity index (χ2v) is 3.91. The predicted molar refractivity (Wildman–Crippen MR) is 68.5 cm³/mol. The third-order valence-electron chi connectivity index (χ3n) is 2.81. The molecule has 2 aromatic heterocycles. The molecular weight excluding hydrogens is 564 g/mol. The van der Waals surface area contributed by atoms with Gasteiger partial charge >= 0.3 is 0 Å². The van der Waals surface area contributed by atoms with Crippen molar-refractivity contribution in [3.05, 3.63) is 66.8 Å². The van der Waals surface area contributed by atoms with Crippen molar-refractivity contribution in [3.63, 3.8) is 0 Å². The van der Waals surface area contributed by atoms with Crippen molar-refractivity contribution in [1.82, 2.24) is 9.38 Å². The molecule has 0 spiro atoms. The normalized spacial score (nSPS) is 8.62. The fourth-order valence-corrected chi connectivity index (χ4v) is 1.84. The van der Waals surface area contributed by atoms with Gasteiger partial charge in [0.25, 0.3) is 0 Å². The maximum Gasteiger partial charge on any atom is 0.0530 e. The van der Waals surface area contributed by atoms with Crippen LogP contribution in [0.3, 0.4) is 0 Å².